The lowest BCUT2D eigenvalue weighted by Gasteiger charge is -2.58. The van der Waals surface area contributed by atoms with Gasteiger partial charge in [-0.3, -0.25) is 0 Å². The molecule has 4 heteroatoms. The lowest BCUT2D eigenvalue weighted by Crippen LogP contribution is -2.51. The molecule has 0 spiro atoms. The number of esters is 1. The zero-order valence-corrected chi connectivity index (χ0v) is 16.2. The Hall–Kier alpha value is -1.13. The number of rotatable bonds is 4. The molecule has 2 aliphatic carbocycles. The van der Waals surface area contributed by atoms with Crippen molar-refractivity contribution < 1.29 is 19.4 Å². The van der Waals surface area contributed by atoms with E-state index in [1.165, 1.54) is 38.0 Å². The Bertz CT molecular complexity index is 607. The molecule has 140 valence electrons. The molecular weight excluding hydrogens is 316 g/mol. The van der Waals surface area contributed by atoms with Crippen LogP contribution in [0.25, 0.3) is 0 Å². The van der Waals surface area contributed by atoms with Crippen LogP contribution in [-0.2, 0) is 14.3 Å². The second-order valence-electron chi connectivity index (χ2n) is 8.75. The lowest BCUT2D eigenvalue weighted by atomic mass is 9.46. The number of aliphatic hydroxyl groups excluding tert-OH is 1. The van der Waals surface area contributed by atoms with Crippen LogP contribution in [0.3, 0.4) is 0 Å². The van der Waals surface area contributed by atoms with Crippen LogP contribution >= 0.6 is 0 Å². The number of hydrogen-bond acceptors (Lipinski definition) is 4. The molecule has 0 unspecified atom stereocenters. The van der Waals surface area contributed by atoms with Gasteiger partial charge >= 0.3 is 5.97 Å². The molecule has 6 atom stereocenters. The summed E-state index contributed by atoms with van der Waals surface area (Å²) >= 11 is 0. The highest BCUT2D eigenvalue weighted by Gasteiger charge is 2.54. The zero-order chi connectivity index (χ0) is 18.4. The van der Waals surface area contributed by atoms with E-state index in [-0.39, 0.29) is 10.8 Å². The monoisotopic (exact) mass is 348 g/mol. The van der Waals surface area contributed by atoms with Crippen LogP contribution < -0.4 is 0 Å². The fourth-order valence-electron chi connectivity index (χ4n) is 5.64. The first-order chi connectivity index (χ1) is 11.7. The van der Waals surface area contributed by atoms with Gasteiger partial charge in [0.25, 0.3) is 0 Å². The standard InChI is InChI=1S/C21H32O4/c1-13-7-6-8-17-20(13,3)10-9-14(2)21(17,4)12-16(22)15-11-18(23)25-19(15)24-5/h7,11,14,16-17,19,22H,6,8-10,12H2,1-5H3/t14-,16+,17+,19-,20+,21+/m1/s1. The van der Waals surface area contributed by atoms with E-state index in [1.54, 1.807) is 0 Å². The van der Waals surface area contributed by atoms with Crippen LogP contribution in [0.15, 0.2) is 23.3 Å². The molecule has 1 heterocycles. The van der Waals surface area contributed by atoms with Crippen LogP contribution in [0, 0.1) is 22.7 Å². The number of carbonyl (C=O) groups is 1. The summed E-state index contributed by atoms with van der Waals surface area (Å²) in [6.45, 7) is 9.32. The van der Waals surface area contributed by atoms with Gasteiger partial charge in [0.1, 0.15) is 0 Å². The first-order valence-corrected chi connectivity index (χ1v) is 9.52. The fourth-order valence-corrected chi connectivity index (χ4v) is 5.64. The van der Waals surface area contributed by atoms with Gasteiger partial charge in [-0.05, 0) is 61.7 Å². The predicted molar refractivity (Wildman–Crippen MR) is 96.7 cm³/mol. The van der Waals surface area contributed by atoms with Gasteiger partial charge < -0.3 is 14.6 Å². The Labute approximate surface area is 151 Å². The summed E-state index contributed by atoms with van der Waals surface area (Å²) in [6.07, 6.45) is 7.67. The highest BCUT2D eigenvalue weighted by atomic mass is 16.7. The average molecular weight is 348 g/mol. The second-order valence-corrected chi connectivity index (χ2v) is 8.75. The molecule has 0 radical (unpaired) electrons. The molecule has 0 aromatic heterocycles. The minimum absolute atomic E-state index is 0.0205. The van der Waals surface area contributed by atoms with E-state index in [0.717, 1.165) is 6.42 Å². The molecule has 0 aromatic rings. The van der Waals surface area contributed by atoms with E-state index in [9.17, 15) is 9.90 Å². The first-order valence-electron chi connectivity index (χ1n) is 9.52. The minimum Gasteiger partial charge on any atom is -0.428 e. The Morgan fingerprint density at radius 1 is 1.40 bits per heavy atom. The van der Waals surface area contributed by atoms with Crippen molar-refractivity contribution in [3.05, 3.63) is 23.3 Å². The van der Waals surface area contributed by atoms with Gasteiger partial charge in [-0.1, -0.05) is 32.4 Å². The largest absolute Gasteiger partial charge is 0.428 e. The highest BCUT2D eigenvalue weighted by Crippen LogP contribution is 2.62. The van der Waals surface area contributed by atoms with Gasteiger partial charge in [0.2, 0.25) is 6.29 Å². The third-order valence-electron chi connectivity index (χ3n) is 7.61. The van der Waals surface area contributed by atoms with Crippen LogP contribution in [-0.4, -0.2) is 30.6 Å². The molecular formula is C21H32O4. The van der Waals surface area contributed by atoms with Gasteiger partial charge in [0.15, 0.2) is 0 Å². The Morgan fingerprint density at radius 2 is 2.12 bits per heavy atom. The number of ether oxygens (including phenoxy) is 2. The lowest BCUT2D eigenvalue weighted by molar-refractivity contribution is -0.156. The van der Waals surface area contributed by atoms with Gasteiger partial charge in [-0.15, -0.1) is 0 Å². The van der Waals surface area contributed by atoms with E-state index < -0.39 is 18.4 Å². The first kappa shape index (κ1) is 18.7. The highest BCUT2D eigenvalue weighted by molar-refractivity contribution is 5.85. The maximum absolute atomic E-state index is 11.6. The normalized spacial score (nSPS) is 42.3. The van der Waals surface area contributed by atoms with Crippen molar-refractivity contribution in [3.63, 3.8) is 0 Å². The second kappa shape index (κ2) is 6.55. The van der Waals surface area contributed by atoms with Crippen molar-refractivity contribution in [2.45, 2.75) is 72.2 Å². The SMILES string of the molecule is CO[C@@H]1OC(=O)C=C1[C@@H](O)C[C@@]1(C)[C@H](C)CC[C@@]2(C)C(C)=CCC[C@H]12. The van der Waals surface area contributed by atoms with Crippen molar-refractivity contribution >= 4 is 5.97 Å². The molecule has 1 fully saturated rings. The summed E-state index contributed by atoms with van der Waals surface area (Å²) < 4.78 is 10.3. The third kappa shape index (κ3) is 2.97. The van der Waals surface area contributed by atoms with Crippen molar-refractivity contribution in [1.82, 2.24) is 0 Å². The maximum Gasteiger partial charge on any atom is 0.333 e. The summed E-state index contributed by atoms with van der Waals surface area (Å²) in [7, 11) is 1.50. The molecule has 3 rings (SSSR count). The van der Waals surface area contributed by atoms with Crippen molar-refractivity contribution in [3.8, 4) is 0 Å². The van der Waals surface area contributed by atoms with Crippen molar-refractivity contribution in [2.24, 2.45) is 22.7 Å². The Morgan fingerprint density at radius 3 is 2.80 bits per heavy atom. The van der Waals surface area contributed by atoms with Crippen LogP contribution in [0.1, 0.15) is 59.8 Å². The molecule has 1 saturated carbocycles. The van der Waals surface area contributed by atoms with Gasteiger partial charge in [0.05, 0.1) is 6.10 Å². The third-order valence-corrected chi connectivity index (χ3v) is 7.61. The smallest absolute Gasteiger partial charge is 0.333 e. The molecule has 0 amide bonds. The van der Waals surface area contributed by atoms with E-state index in [2.05, 4.69) is 33.8 Å². The number of carbonyl (C=O) groups excluding carboxylic acids is 1. The molecule has 0 saturated heterocycles. The summed E-state index contributed by atoms with van der Waals surface area (Å²) in [5.74, 6) is 0.651. The summed E-state index contributed by atoms with van der Waals surface area (Å²) in [5.41, 5.74) is 2.31. The summed E-state index contributed by atoms with van der Waals surface area (Å²) in [6, 6.07) is 0. The van der Waals surface area contributed by atoms with Crippen molar-refractivity contribution in [2.75, 3.05) is 7.11 Å². The number of fused-ring (bicyclic) bond motifs is 1. The molecule has 4 nitrogen and oxygen atoms in total. The predicted octanol–water partition coefficient (Wildman–Crippen LogP) is 3.99. The quantitative estimate of drug-likeness (QED) is 0.616. The van der Waals surface area contributed by atoms with E-state index >= 15 is 0 Å². The van der Waals surface area contributed by atoms with Gasteiger partial charge in [0, 0.05) is 18.8 Å². The van der Waals surface area contributed by atoms with Crippen LogP contribution in [0.2, 0.25) is 0 Å². The number of methoxy groups -OCH3 is 1. The summed E-state index contributed by atoms with van der Waals surface area (Å²) in [4.78, 5) is 11.6. The van der Waals surface area contributed by atoms with Crippen LogP contribution in [0.4, 0.5) is 0 Å². The van der Waals surface area contributed by atoms with E-state index in [4.69, 9.17) is 9.47 Å². The zero-order valence-electron chi connectivity index (χ0n) is 16.2. The molecule has 0 aromatic carbocycles. The molecule has 1 aliphatic heterocycles. The number of hydrogen-bond donors (Lipinski definition) is 1. The Kier molecular flexibility index (Phi) is 4.89. The number of aliphatic hydroxyl groups is 1. The van der Waals surface area contributed by atoms with Crippen molar-refractivity contribution in [1.29, 1.82) is 0 Å². The number of allylic oxidation sites excluding steroid dienone is 2. The van der Waals surface area contributed by atoms with Gasteiger partial charge in [-0.25, -0.2) is 4.79 Å². The van der Waals surface area contributed by atoms with Gasteiger partial charge in [-0.2, -0.15) is 0 Å². The number of cyclic esters (lactones) is 1. The summed E-state index contributed by atoms with van der Waals surface area (Å²) in [5, 5.41) is 10.9. The Balaban J connectivity index is 1.87. The molecule has 0 bridgehead atoms. The fraction of sp³-hybridized carbons (Fsp3) is 0.762. The van der Waals surface area contributed by atoms with Crippen LogP contribution in [0.5, 0.6) is 0 Å². The average Bonchev–Trinajstić information content (AvgIpc) is 2.95. The maximum atomic E-state index is 11.6. The topological polar surface area (TPSA) is 55.8 Å². The van der Waals surface area contributed by atoms with E-state index in [0.29, 0.717) is 23.8 Å². The molecule has 1 N–H and O–H groups in total. The molecule has 3 aliphatic rings. The molecule has 25 heavy (non-hydrogen) atoms. The minimum atomic E-state index is -0.746. The van der Waals surface area contributed by atoms with E-state index in [1.807, 2.05) is 0 Å².